The van der Waals surface area contributed by atoms with E-state index in [9.17, 15) is 9.59 Å². The Morgan fingerprint density at radius 2 is 1.91 bits per heavy atom. The number of amides is 1. The molecule has 1 aromatic carbocycles. The molecule has 0 bridgehead atoms. The predicted octanol–water partition coefficient (Wildman–Crippen LogP) is 4.17. The summed E-state index contributed by atoms with van der Waals surface area (Å²) in [6, 6.07) is 11.0. The van der Waals surface area contributed by atoms with Gasteiger partial charge in [0.25, 0.3) is 5.91 Å². The number of ether oxygens (including phenoxy) is 1. The summed E-state index contributed by atoms with van der Waals surface area (Å²) in [7, 11) is 0. The number of nitrogens with one attached hydrogen (secondary N) is 1. The van der Waals surface area contributed by atoms with Crippen LogP contribution >= 0.6 is 0 Å². The van der Waals surface area contributed by atoms with Gasteiger partial charge < -0.3 is 10.1 Å². The van der Waals surface area contributed by atoms with Crippen LogP contribution in [0.4, 0.5) is 5.82 Å². The summed E-state index contributed by atoms with van der Waals surface area (Å²) < 4.78 is 6.60. The number of hydrogen-bond donors (Lipinski definition) is 1. The van der Waals surface area contributed by atoms with Gasteiger partial charge in [0.1, 0.15) is 11.3 Å². The van der Waals surface area contributed by atoms with E-state index >= 15 is 0 Å². The molecule has 3 aromatic heterocycles. The molecule has 4 aromatic rings. The van der Waals surface area contributed by atoms with Crippen LogP contribution < -0.4 is 5.32 Å². The topological polar surface area (TPSA) is 99.0 Å². The standard InChI is InChI=1S/C24H23N5O3/c1-5-32-24(31)18-13-26-29(22(18)28-23(30)19-8-6-7-9-25-19)20-12-15(3)17-11-14(2)10-16(4)21(17)27-20/h6-13H,5H2,1-4H3,(H,28,30). The van der Waals surface area contributed by atoms with Crippen LogP contribution in [0, 0.1) is 20.8 Å². The highest BCUT2D eigenvalue weighted by Gasteiger charge is 2.23. The summed E-state index contributed by atoms with van der Waals surface area (Å²) in [6.45, 7) is 7.96. The molecule has 3 heterocycles. The molecule has 162 valence electrons. The van der Waals surface area contributed by atoms with Crippen molar-refractivity contribution in [1.29, 1.82) is 0 Å². The molecule has 32 heavy (non-hydrogen) atoms. The number of aromatic nitrogens is 4. The number of nitrogens with zero attached hydrogens (tertiary/aromatic N) is 4. The molecule has 4 rings (SSSR count). The molecule has 8 nitrogen and oxygen atoms in total. The molecule has 0 unspecified atom stereocenters. The third kappa shape index (κ3) is 3.94. The number of hydrogen-bond acceptors (Lipinski definition) is 6. The van der Waals surface area contributed by atoms with Gasteiger partial charge in [0, 0.05) is 11.6 Å². The van der Waals surface area contributed by atoms with Gasteiger partial charge in [-0.15, -0.1) is 0 Å². The van der Waals surface area contributed by atoms with E-state index in [2.05, 4.69) is 27.5 Å². The largest absolute Gasteiger partial charge is 0.462 e. The number of rotatable bonds is 5. The number of carbonyl (C=O) groups is 2. The van der Waals surface area contributed by atoms with E-state index in [1.165, 1.54) is 17.1 Å². The Hall–Kier alpha value is -4.07. The Morgan fingerprint density at radius 3 is 2.62 bits per heavy atom. The van der Waals surface area contributed by atoms with Gasteiger partial charge in [-0.25, -0.2) is 9.78 Å². The fourth-order valence-electron chi connectivity index (χ4n) is 3.61. The van der Waals surface area contributed by atoms with Crippen molar-refractivity contribution in [1.82, 2.24) is 19.7 Å². The summed E-state index contributed by atoms with van der Waals surface area (Å²) in [6.07, 6.45) is 2.90. The number of fused-ring (bicyclic) bond motifs is 1. The SMILES string of the molecule is CCOC(=O)c1cnn(-c2cc(C)c3cc(C)cc(C)c3n2)c1NC(=O)c1ccccn1. The monoisotopic (exact) mass is 429 g/mol. The zero-order chi connectivity index (χ0) is 22.8. The Morgan fingerprint density at radius 1 is 1.09 bits per heavy atom. The molecule has 0 saturated carbocycles. The third-order valence-corrected chi connectivity index (χ3v) is 5.05. The van der Waals surface area contributed by atoms with Crippen LogP contribution in [0.2, 0.25) is 0 Å². The second-order valence-electron chi connectivity index (χ2n) is 7.48. The van der Waals surface area contributed by atoms with Gasteiger partial charge in [0.05, 0.1) is 18.3 Å². The third-order valence-electron chi connectivity index (χ3n) is 5.05. The highest BCUT2D eigenvalue weighted by molar-refractivity contribution is 6.06. The first-order chi connectivity index (χ1) is 15.4. The average molecular weight is 429 g/mol. The number of pyridine rings is 2. The van der Waals surface area contributed by atoms with E-state index in [0.717, 1.165) is 27.6 Å². The number of carbonyl (C=O) groups excluding carboxylic acids is 2. The Kier molecular flexibility index (Phi) is 5.68. The summed E-state index contributed by atoms with van der Waals surface area (Å²) in [5.41, 5.74) is 4.37. The zero-order valence-corrected chi connectivity index (χ0v) is 18.3. The van der Waals surface area contributed by atoms with Crippen molar-refractivity contribution in [3.63, 3.8) is 0 Å². The minimum absolute atomic E-state index is 0.135. The summed E-state index contributed by atoms with van der Waals surface area (Å²) in [5, 5.41) is 8.16. The lowest BCUT2D eigenvalue weighted by Gasteiger charge is -2.13. The fraction of sp³-hybridized carbons (Fsp3) is 0.208. The van der Waals surface area contributed by atoms with Crippen molar-refractivity contribution in [2.45, 2.75) is 27.7 Å². The maximum Gasteiger partial charge on any atom is 0.343 e. The van der Waals surface area contributed by atoms with Gasteiger partial charge in [0.15, 0.2) is 11.6 Å². The second kappa shape index (κ2) is 8.58. The van der Waals surface area contributed by atoms with Gasteiger partial charge in [-0.05, 0) is 63.1 Å². The smallest absolute Gasteiger partial charge is 0.343 e. The van der Waals surface area contributed by atoms with E-state index in [-0.39, 0.29) is 23.7 Å². The fourth-order valence-corrected chi connectivity index (χ4v) is 3.61. The average Bonchev–Trinajstić information content (AvgIpc) is 3.18. The van der Waals surface area contributed by atoms with Crippen molar-refractivity contribution >= 4 is 28.6 Å². The van der Waals surface area contributed by atoms with Crippen LogP contribution in [0.5, 0.6) is 0 Å². The lowest BCUT2D eigenvalue weighted by Crippen LogP contribution is -2.19. The molecule has 0 saturated heterocycles. The minimum Gasteiger partial charge on any atom is -0.462 e. The quantitative estimate of drug-likeness (QED) is 0.478. The minimum atomic E-state index is -0.584. The van der Waals surface area contributed by atoms with Crippen molar-refractivity contribution in [3.05, 3.63) is 76.7 Å². The van der Waals surface area contributed by atoms with Gasteiger partial charge in [0.2, 0.25) is 0 Å². The number of esters is 1. The van der Waals surface area contributed by atoms with Crippen molar-refractivity contribution < 1.29 is 14.3 Å². The van der Waals surface area contributed by atoms with E-state index in [4.69, 9.17) is 9.72 Å². The first-order valence-corrected chi connectivity index (χ1v) is 10.3. The summed E-state index contributed by atoms with van der Waals surface area (Å²) in [4.78, 5) is 34.2. The zero-order valence-electron chi connectivity index (χ0n) is 18.3. The Labute approximate surface area is 185 Å². The van der Waals surface area contributed by atoms with Gasteiger partial charge in [-0.2, -0.15) is 9.78 Å². The first-order valence-electron chi connectivity index (χ1n) is 10.3. The molecule has 0 radical (unpaired) electrons. The van der Waals surface area contributed by atoms with Crippen LogP contribution in [-0.4, -0.2) is 38.2 Å². The van der Waals surface area contributed by atoms with E-state index in [0.29, 0.717) is 5.82 Å². The highest BCUT2D eigenvalue weighted by Crippen LogP contribution is 2.27. The Bertz CT molecular complexity index is 1330. The predicted molar refractivity (Wildman–Crippen MR) is 121 cm³/mol. The van der Waals surface area contributed by atoms with E-state index in [1.54, 1.807) is 25.1 Å². The maximum absolute atomic E-state index is 12.8. The normalized spacial score (nSPS) is 10.9. The van der Waals surface area contributed by atoms with Crippen LogP contribution in [0.1, 0.15) is 44.5 Å². The first kappa shape index (κ1) is 21.2. The molecule has 0 spiro atoms. The molecule has 0 atom stereocenters. The lowest BCUT2D eigenvalue weighted by atomic mass is 10.0. The van der Waals surface area contributed by atoms with Crippen LogP contribution in [0.15, 0.2) is 48.8 Å². The van der Waals surface area contributed by atoms with Gasteiger partial charge in [-0.1, -0.05) is 17.7 Å². The van der Waals surface area contributed by atoms with Crippen LogP contribution in [0.3, 0.4) is 0 Å². The van der Waals surface area contributed by atoms with Gasteiger partial charge in [-0.3, -0.25) is 9.78 Å². The van der Waals surface area contributed by atoms with Crippen LogP contribution in [-0.2, 0) is 4.74 Å². The lowest BCUT2D eigenvalue weighted by molar-refractivity contribution is 0.0527. The van der Waals surface area contributed by atoms with E-state index in [1.807, 2.05) is 26.8 Å². The van der Waals surface area contributed by atoms with Gasteiger partial charge >= 0.3 is 5.97 Å². The number of anilines is 1. The highest BCUT2D eigenvalue weighted by atomic mass is 16.5. The summed E-state index contributed by atoms with van der Waals surface area (Å²) >= 11 is 0. The molecular formula is C24H23N5O3. The Balaban J connectivity index is 1.85. The number of benzene rings is 1. The summed E-state index contributed by atoms with van der Waals surface area (Å²) in [5.74, 6) is -0.398. The molecule has 0 aliphatic heterocycles. The van der Waals surface area contributed by atoms with Crippen molar-refractivity contribution in [2.24, 2.45) is 0 Å². The van der Waals surface area contributed by atoms with Crippen molar-refractivity contribution in [2.75, 3.05) is 11.9 Å². The second-order valence-corrected chi connectivity index (χ2v) is 7.48. The molecular weight excluding hydrogens is 406 g/mol. The molecule has 8 heteroatoms. The van der Waals surface area contributed by atoms with E-state index < -0.39 is 11.9 Å². The molecule has 0 aliphatic rings. The van der Waals surface area contributed by atoms with Crippen LogP contribution in [0.25, 0.3) is 16.7 Å². The molecule has 1 N–H and O–H groups in total. The molecule has 0 aliphatic carbocycles. The van der Waals surface area contributed by atoms with Crippen molar-refractivity contribution in [3.8, 4) is 5.82 Å². The molecule has 0 fully saturated rings. The maximum atomic E-state index is 12.8. The molecule has 1 amide bonds. The number of aryl methyl sites for hydroxylation is 3.